The van der Waals surface area contributed by atoms with Crippen molar-refractivity contribution in [3.05, 3.63) is 0 Å². The number of cyclic esters (lactones) is 2. The van der Waals surface area contributed by atoms with Crippen LogP contribution in [0.15, 0.2) is 0 Å². The first-order valence-corrected chi connectivity index (χ1v) is 39.9. The first-order valence-electron chi connectivity index (χ1n) is 39.9. The Bertz CT molecular complexity index is 2780. The van der Waals surface area contributed by atoms with Crippen molar-refractivity contribution in [1.29, 1.82) is 0 Å². The molecular weight excluding hydrogens is 1400 g/mol. The number of esters is 2. The predicted molar refractivity (Wildman–Crippen MR) is 404 cm³/mol. The van der Waals surface area contributed by atoms with E-state index in [-0.39, 0.29) is 67.9 Å². The van der Waals surface area contributed by atoms with Gasteiger partial charge in [0.15, 0.2) is 25.2 Å². The molecule has 37 atom stereocenters. The van der Waals surface area contributed by atoms with E-state index in [4.69, 9.17) is 66.3 Å². The molecule has 7 rings (SSSR count). The molecule has 7 aliphatic heterocycles. The van der Waals surface area contributed by atoms with Crippen molar-refractivity contribution in [1.82, 2.24) is 24.5 Å². The minimum absolute atomic E-state index is 0.0483. The highest BCUT2D eigenvalue weighted by atomic mass is 16.8. The molecule has 0 aliphatic carbocycles. The smallest absolute Gasteiger partial charge is 0.311 e. The Morgan fingerprint density at radius 3 is 1.21 bits per heavy atom. The van der Waals surface area contributed by atoms with Crippen LogP contribution in [0.3, 0.4) is 0 Å². The summed E-state index contributed by atoms with van der Waals surface area (Å²) in [6.45, 7) is 37.6. The maximum Gasteiger partial charge on any atom is 0.311 e. The second-order valence-corrected chi connectivity index (χ2v) is 35.8. The molecule has 0 bridgehead atoms. The summed E-state index contributed by atoms with van der Waals surface area (Å²) < 4.78 is 89.2. The maximum absolute atomic E-state index is 14.6. The van der Waals surface area contributed by atoms with Crippen molar-refractivity contribution in [3.63, 3.8) is 0 Å². The van der Waals surface area contributed by atoms with E-state index < -0.39 is 192 Å². The number of ether oxygens (including phenoxy) is 14. The molecule has 634 valence electrons. The number of rotatable bonds is 15. The normalized spacial score (nSPS) is 49.5. The van der Waals surface area contributed by atoms with Gasteiger partial charge in [-0.1, -0.05) is 41.5 Å². The third kappa shape index (κ3) is 21.8. The van der Waals surface area contributed by atoms with Crippen molar-refractivity contribution in [2.45, 2.75) is 377 Å². The van der Waals surface area contributed by atoms with Gasteiger partial charge in [0.05, 0.1) is 83.1 Å². The number of nitrogens with zero attached hydrogens (tertiary/aromatic N) is 5. The highest BCUT2D eigenvalue weighted by Crippen LogP contribution is 2.46. The molecule has 0 aromatic carbocycles. The summed E-state index contributed by atoms with van der Waals surface area (Å²) in [6.07, 6.45) is -15.2. The molecule has 1 unspecified atom stereocenters. The summed E-state index contributed by atoms with van der Waals surface area (Å²) in [4.78, 5) is 38.7. The van der Waals surface area contributed by atoms with Gasteiger partial charge >= 0.3 is 11.9 Å². The Labute approximate surface area is 646 Å². The van der Waals surface area contributed by atoms with Crippen LogP contribution in [0.2, 0.25) is 0 Å². The average Bonchev–Trinajstić information content (AvgIpc) is 1.56. The third-order valence-electron chi connectivity index (χ3n) is 25.4. The average molecular weight is 1550 g/mol. The van der Waals surface area contributed by atoms with E-state index in [2.05, 4.69) is 18.7 Å². The van der Waals surface area contributed by atoms with Gasteiger partial charge in [0, 0.05) is 76.2 Å². The molecule has 7 saturated heterocycles. The molecular formula is C79H149N5O24. The number of likely N-dealkylation sites (N-methyl/N-ethyl adjacent to an activating group) is 4. The molecule has 7 fully saturated rings. The summed E-state index contributed by atoms with van der Waals surface area (Å²) in [5, 5.41) is 93.5. The minimum Gasteiger partial charge on any atom is -0.459 e. The van der Waals surface area contributed by atoms with Gasteiger partial charge in [0.1, 0.15) is 60.0 Å². The van der Waals surface area contributed by atoms with Crippen LogP contribution >= 0.6 is 0 Å². The number of hydrogen-bond donors (Lipinski definition) is 8. The molecule has 29 heteroatoms. The standard InChI is InChI=1S/C41H77N3O12.C38H72N2O12/c1-17-29-41(10)35(55-38(56-41)43(13)14)26(6)44(15)21-22(2)19-39(8,48)34(54-37-31(45)28(42(11)12)18-23(3)50-37)24(4)32(25(5)36(47)52-29)53-30-20-40(9,49-16)33(46)27(7)51-30;1-15-27-38(10,46)31(42)24(6)40(13)19-20(2)17-36(8,45)33(52-35-29(41)26(39(11)12)16-21(3)48-35)22(4)30(23(5)34(44)50-27)51-28-18-37(9,47-14)32(43)25(7)49-28/h22-35,37-38,45-46,48H,17-21H2,1-16H3;20-33,35,41-43,45-46H,15-19H2,1-14H3/t22-,23-,24+,25-,26-,27+,28+,29-,30+,31-,32+,33+,34-,35-,37+,38?,39-,40-,41-;20-,21-,22+,23-,24-,25+,26+,27-,28+,29-,30+,31-,32+,33-,35+,36-,37-,38-/m11/s1. The number of aliphatic hydroxyl groups is 8. The van der Waals surface area contributed by atoms with E-state index in [0.29, 0.717) is 38.8 Å². The lowest BCUT2D eigenvalue weighted by molar-refractivity contribution is -0.318. The van der Waals surface area contributed by atoms with Crippen LogP contribution in [0.5, 0.6) is 0 Å². The number of fused-ring (bicyclic) bond motifs is 1. The van der Waals surface area contributed by atoms with E-state index in [0.717, 1.165) is 0 Å². The molecule has 0 amide bonds. The summed E-state index contributed by atoms with van der Waals surface area (Å²) in [5.74, 6) is -4.77. The predicted octanol–water partition coefficient (Wildman–Crippen LogP) is 4.71. The first kappa shape index (κ1) is 94.8. The van der Waals surface area contributed by atoms with Crippen LogP contribution in [0, 0.1) is 35.5 Å². The van der Waals surface area contributed by atoms with Gasteiger partial charge in [0.2, 0.25) is 6.41 Å². The van der Waals surface area contributed by atoms with Gasteiger partial charge in [-0.25, -0.2) is 0 Å². The number of aliphatic hydroxyl groups excluding tert-OH is 5. The van der Waals surface area contributed by atoms with Crippen LogP contribution in [0.4, 0.5) is 0 Å². The molecule has 0 radical (unpaired) electrons. The molecule has 108 heavy (non-hydrogen) atoms. The van der Waals surface area contributed by atoms with Gasteiger partial charge in [-0.2, -0.15) is 0 Å². The zero-order chi connectivity index (χ0) is 81.9. The zero-order valence-electron chi connectivity index (χ0n) is 71.3. The number of hydrogen-bond acceptors (Lipinski definition) is 29. The van der Waals surface area contributed by atoms with E-state index in [1.165, 1.54) is 21.1 Å². The number of carbonyl (C=O) groups excluding carboxylic acids is 2. The Balaban J connectivity index is 0.000000339. The topological polar surface area (TPSA) is 341 Å². The second-order valence-electron chi connectivity index (χ2n) is 35.8. The van der Waals surface area contributed by atoms with Crippen molar-refractivity contribution < 1.29 is 117 Å². The minimum atomic E-state index is -1.80. The quantitative estimate of drug-likeness (QED) is 0.103. The molecule has 0 saturated carbocycles. The van der Waals surface area contributed by atoms with Gasteiger partial charge < -0.3 is 127 Å². The molecule has 0 spiro atoms. The van der Waals surface area contributed by atoms with E-state index in [1.807, 2.05) is 124 Å². The molecule has 29 nitrogen and oxygen atoms in total. The summed E-state index contributed by atoms with van der Waals surface area (Å²) in [5.41, 5.74) is -7.89. The molecule has 7 aliphatic rings. The van der Waals surface area contributed by atoms with Crippen LogP contribution < -0.4 is 0 Å². The van der Waals surface area contributed by atoms with E-state index in [1.54, 1.807) is 69.2 Å². The van der Waals surface area contributed by atoms with Gasteiger partial charge in [-0.3, -0.25) is 14.5 Å². The molecule has 7 heterocycles. The monoisotopic (exact) mass is 1550 g/mol. The fourth-order valence-electron chi connectivity index (χ4n) is 18.4. The lowest BCUT2D eigenvalue weighted by atomic mass is 9.77. The Morgan fingerprint density at radius 1 is 0.491 bits per heavy atom. The highest BCUT2D eigenvalue weighted by Gasteiger charge is 2.59. The Morgan fingerprint density at radius 2 is 0.861 bits per heavy atom. The highest BCUT2D eigenvalue weighted by molar-refractivity contribution is 5.73. The summed E-state index contributed by atoms with van der Waals surface area (Å²) in [7, 11) is 18.3. The van der Waals surface area contributed by atoms with Crippen LogP contribution in [-0.2, 0) is 75.9 Å². The Hall–Kier alpha value is -2.06. The van der Waals surface area contributed by atoms with Crippen molar-refractivity contribution in [3.8, 4) is 0 Å². The zero-order valence-corrected chi connectivity index (χ0v) is 71.3. The van der Waals surface area contributed by atoms with Gasteiger partial charge in [-0.15, -0.1) is 0 Å². The molecule has 0 aromatic heterocycles. The van der Waals surface area contributed by atoms with Crippen LogP contribution in [0.25, 0.3) is 0 Å². The van der Waals surface area contributed by atoms with Crippen molar-refractivity contribution in [2.24, 2.45) is 35.5 Å². The van der Waals surface area contributed by atoms with Crippen molar-refractivity contribution in [2.75, 3.05) is 83.7 Å². The first-order chi connectivity index (χ1) is 49.8. The van der Waals surface area contributed by atoms with Crippen LogP contribution in [0.1, 0.15) is 190 Å². The third-order valence-corrected chi connectivity index (χ3v) is 25.4. The van der Waals surface area contributed by atoms with Gasteiger partial charge in [-0.05, 0) is 204 Å². The second kappa shape index (κ2) is 38.3. The molecule has 0 aromatic rings. The van der Waals surface area contributed by atoms with E-state index >= 15 is 0 Å². The maximum atomic E-state index is 14.6. The summed E-state index contributed by atoms with van der Waals surface area (Å²) in [6, 6.07) is -1.22. The number of methoxy groups -OCH3 is 2. The van der Waals surface area contributed by atoms with Crippen LogP contribution in [-0.4, -0.2) is 348 Å². The lowest BCUT2D eigenvalue weighted by Gasteiger charge is -2.48. The van der Waals surface area contributed by atoms with E-state index in [9.17, 15) is 50.4 Å². The fraction of sp³-hybridized carbons (Fsp3) is 0.975. The summed E-state index contributed by atoms with van der Waals surface area (Å²) >= 11 is 0. The van der Waals surface area contributed by atoms with Gasteiger partial charge in [0.25, 0.3) is 0 Å². The number of carbonyl (C=O) groups is 2. The molecule has 8 N–H and O–H groups in total. The SMILES string of the molecule is CC[C@H]1OC(=O)[C@H](C)[C@@H](O[C@H]2C[C@@](C)(OC)[C@@H](O)[C@H](C)O2)[C@H](C)[C@@H](O[C@@H]2O[C@H](C)C[C@H](N(C)C)[C@H]2O)[C@](C)(O)C[C@@H](C)CN(C)[C@H](C)[C@@H](O)[C@]1(C)O.CC[C@H]1OC(=O)[C@H](C)[C@@H](O[C@H]2C[C@@](C)(OC)[C@@H](O)[C@H](C)O2)[C@H](C)[C@@H](O[C@@H]2O[C@H](C)C[C@H](N(C)C)[C@H]2O)[C@](C)(O)C[C@@H](C)CN(C)[C@H](C)[C@H]2OC(N(C)C)O[C@@]21C. The largest absolute Gasteiger partial charge is 0.459 e. The van der Waals surface area contributed by atoms with Crippen molar-refractivity contribution >= 4 is 11.9 Å². The lowest BCUT2D eigenvalue weighted by Crippen LogP contribution is -2.60. The Kier molecular flexibility index (Phi) is 33.7. The fourth-order valence-corrected chi connectivity index (χ4v) is 18.4.